The molecule has 0 saturated carbocycles. The fourth-order valence-corrected chi connectivity index (χ4v) is 4.32. The van der Waals surface area contributed by atoms with E-state index in [0.29, 0.717) is 29.9 Å². The first-order valence-corrected chi connectivity index (χ1v) is 11.2. The molecule has 1 aromatic carbocycles. The molecule has 0 fully saturated rings. The summed E-state index contributed by atoms with van der Waals surface area (Å²) >= 11 is 0. The van der Waals surface area contributed by atoms with Crippen molar-refractivity contribution in [2.24, 2.45) is 5.92 Å². The number of nitrogens with zero attached hydrogens (tertiary/aromatic N) is 4. The van der Waals surface area contributed by atoms with Crippen molar-refractivity contribution in [3.05, 3.63) is 94.1 Å². The number of aromatic nitrogens is 2. The van der Waals surface area contributed by atoms with E-state index in [1.165, 1.54) is 18.3 Å². The molecular weight excluding hydrogens is 455 g/mol. The lowest BCUT2D eigenvalue weighted by molar-refractivity contribution is -0.137. The van der Waals surface area contributed by atoms with Crippen LogP contribution in [-0.2, 0) is 25.8 Å². The molecule has 1 N–H and O–H groups in total. The second-order valence-corrected chi connectivity index (χ2v) is 8.89. The second kappa shape index (κ2) is 9.84. The monoisotopic (exact) mass is 479 g/mol. The standard InChI is InChI=1S/C26H24F3N5O/c1-16(2)24-23-20(15-34(24)14-17-3-6-21(7-4-17)26(27,28)29)9-19(12-32-23)25(35)33-13-22-8-5-18(10-30)11-31-22/h3-9,11-12,16,24H,13-15H2,1-2H3,(H,33,35). The van der Waals surface area contributed by atoms with Crippen LogP contribution in [0.3, 0.4) is 0 Å². The lowest BCUT2D eigenvalue weighted by Gasteiger charge is -2.27. The summed E-state index contributed by atoms with van der Waals surface area (Å²) in [7, 11) is 0. The third kappa shape index (κ3) is 5.49. The maximum Gasteiger partial charge on any atom is 0.416 e. The van der Waals surface area contributed by atoms with E-state index in [1.54, 1.807) is 18.3 Å². The summed E-state index contributed by atoms with van der Waals surface area (Å²) in [5.41, 5.74) is 3.44. The number of hydrogen-bond acceptors (Lipinski definition) is 5. The second-order valence-electron chi connectivity index (χ2n) is 8.89. The van der Waals surface area contributed by atoms with Crippen molar-refractivity contribution in [2.75, 3.05) is 0 Å². The zero-order valence-electron chi connectivity index (χ0n) is 19.3. The number of hydrogen-bond donors (Lipinski definition) is 1. The molecule has 1 unspecified atom stereocenters. The molecule has 0 saturated heterocycles. The van der Waals surface area contributed by atoms with Crippen LogP contribution in [0.4, 0.5) is 13.2 Å². The molecule has 1 aliphatic rings. The first-order valence-electron chi connectivity index (χ1n) is 11.2. The average molecular weight is 480 g/mol. The largest absolute Gasteiger partial charge is 0.416 e. The highest BCUT2D eigenvalue weighted by Gasteiger charge is 2.35. The lowest BCUT2D eigenvalue weighted by atomic mass is 9.99. The zero-order valence-corrected chi connectivity index (χ0v) is 19.3. The highest BCUT2D eigenvalue weighted by Crippen LogP contribution is 2.39. The van der Waals surface area contributed by atoms with Crippen LogP contribution >= 0.6 is 0 Å². The van der Waals surface area contributed by atoms with Gasteiger partial charge in [-0.05, 0) is 47.4 Å². The fraction of sp³-hybridized carbons (Fsp3) is 0.308. The summed E-state index contributed by atoms with van der Waals surface area (Å²) in [6.07, 6.45) is -1.35. The van der Waals surface area contributed by atoms with Crippen molar-refractivity contribution in [2.45, 2.75) is 45.7 Å². The molecule has 1 aliphatic heterocycles. The molecule has 35 heavy (non-hydrogen) atoms. The van der Waals surface area contributed by atoms with E-state index in [0.717, 1.165) is 29.0 Å². The van der Waals surface area contributed by atoms with Gasteiger partial charge in [-0.25, -0.2) is 0 Å². The number of alkyl halides is 3. The molecule has 1 atom stereocenters. The number of halogens is 3. The van der Waals surface area contributed by atoms with Crippen LogP contribution in [0.2, 0.25) is 0 Å². The van der Waals surface area contributed by atoms with Crippen LogP contribution in [0.15, 0.2) is 54.9 Å². The molecule has 180 valence electrons. The van der Waals surface area contributed by atoms with Gasteiger partial charge in [0.1, 0.15) is 6.07 Å². The maximum atomic E-state index is 12.9. The Kier molecular flexibility index (Phi) is 6.85. The number of benzene rings is 1. The van der Waals surface area contributed by atoms with Crippen molar-refractivity contribution >= 4 is 5.91 Å². The van der Waals surface area contributed by atoms with Gasteiger partial charge in [-0.1, -0.05) is 26.0 Å². The molecule has 0 spiro atoms. The summed E-state index contributed by atoms with van der Waals surface area (Å²) in [5.74, 6) is -0.0610. The van der Waals surface area contributed by atoms with E-state index in [9.17, 15) is 18.0 Å². The lowest BCUT2D eigenvalue weighted by Crippen LogP contribution is -2.26. The minimum Gasteiger partial charge on any atom is -0.346 e. The Balaban J connectivity index is 1.46. The smallest absolute Gasteiger partial charge is 0.346 e. The summed E-state index contributed by atoms with van der Waals surface area (Å²) in [6, 6.07) is 12.4. The summed E-state index contributed by atoms with van der Waals surface area (Å²) in [5, 5.41) is 11.7. The molecule has 3 heterocycles. The molecule has 4 rings (SSSR count). The van der Waals surface area contributed by atoms with Gasteiger partial charge in [-0.3, -0.25) is 19.7 Å². The van der Waals surface area contributed by atoms with E-state index in [1.807, 2.05) is 12.1 Å². The molecule has 2 aromatic heterocycles. The summed E-state index contributed by atoms with van der Waals surface area (Å²) in [6.45, 7) is 5.39. The maximum absolute atomic E-state index is 12.9. The van der Waals surface area contributed by atoms with Crippen LogP contribution in [-0.4, -0.2) is 20.8 Å². The first kappa shape index (κ1) is 24.4. The van der Waals surface area contributed by atoms with Crippen molar-refractivity contribution in [3.63, 3.8) is 0 Å². The fourth-order valence-electron chi connectivity index (χ4n) is 4.32. The number of pyridine rings is 2. The average Bonchev–Trinajstić information content (AvgIpc) is 3.19. The zero-order chi connectivity index (χ0) is 25.2. The Morgan fingerprint density at radius 3 is 2.51 bits per heavy atom. The SMILES string of the molecule is CC(C)C1c2ncc(C(=O)NCc3ccc(C#N)cn3)cc2CN1Cc1ccc(C(F)(F)F)cc1. The number of carbonyl (C=O) groups is 1. The number of carbonyl (C=O) groups excluding carboxylic acids is 1. The highest BCUT2D eigenvalue weighted by atomic mass is 19.4. The van der Waals surface area contributed by atoms with Crippen LogP contribution in [0.5, 0.6) is 0 Å². The van der Waals surface area contributed by atoms with Gasteiger partial charge in [-0.15, -0.1) is 0 Å². The van der Waals surface area contributed by atoms with Crippen LogP contribution in [0.1, 0.15) is 63.9 Å². The van der Waals surface area contributed by atoms with Gasteiger partial charge >= 0.3 is 6.18 Å². The molecule has 0 radical (unpaired) electrons. The molecule has 0 aliphatic carbocycles. The van der Waals surface area contributed by atoms with Gasteiger partial charge < -0.3 is 5.32 Å². The van der Waals surface area contributed by atoms with Gasteiger partial charge in [-0.2, -0.15) is 18.4 Å². The number of fused-ring (bicyclic) bond motifs is 1. The van der Waals surface area contributed by atoms with E-state index in [2.05, 4.69) is 34.0 Å². The quantitative estimate of drug-likeness (QED) is 0.538. The predicted octanol–water partition coefficient (Wildman–Crippen LogP) is 5.01. The molecule has 9 heteroatoms. The van der Waals surface area contributed by atoms with Gasteiger partial charge in [0.05, 0.1) is 40.7 Å². The van der Waals surface area contributed by atoms with Crippen molar-refractivity contribution in [3.8, 4) is 6.07 Å². The predicted molar refractivity (Wildman–Crippen MR) is 123 cm³/mol. The summed E-state index contributed by atoms with van der Waals surface area (Å²) in [4.78, 5) is 23.6. The van der Waals surface area contributed by atoms with Crippen molar-refractivity contribution < 1.29 is 18.0 Å². The van der Waals surface area contributed by atoms with Gasteiger partial charge in [0.2, 0.25) is 0 Å². The Labute approximate surface area is 201 Å². The Morgan fingerprint density at radius 2 is 1.91 bits per heavy atom. The van der Waals surface area contributed by atoms with Gasteiger partial charge in [0, 0.05) is 25.5 Å². The van der Waals surface area contributed by atoms with Crippen LogP contribution in [0, 0.1) is 17.2 Å². The molecule has 1 amide bonds. The minimum absolute atomic E-state index is 0.00717. The number of rotatable bonds is 6. The van der Waals surface area contributed by atoms with Crippen molar-refractivity contribution in [1.29, 1.82) is 5.26 Å². The Morgan fingerprint density at radius 1 is 1.17 bits per heavy atom. The van der Waals surface area contributed by atoms with Gasteiger partial charge in [0.25, 0.3) is 5.91 Å². The number of amides is 1. The Hall–Kier alpha value is -3.77. The normalized spacial score (nSPS) is 15.6. The van der Waals surface area contributed by atoms with E-state index < -0.39 is 11.7 Å². The van der Waals surface area contributed by atoms with Crippen LogP contribution in [0.25, 0.3) is 0 Å². The third-order valence-electron chi connectivity index (χ3n) is 5.99. The Bertz CT molecular complexity index is 1250. The van der Waals surface area contributed by atoms with Crippen molar-refractivity contribution in [1.82, 2.24) is 20.2 Å². The topological polar surface area (TPSA) is 81.9 Å². The molecular formula is C26H24F3N5O. The molecule has 3 aromatic rings. The van der Waals surface area contributed by atoms with E-state index in [4.69, 9.17) is 5.26 Å². The minimum atomic E-state index is -4.36. The number of nitrogens with one attached hydrogen (secondary N) is 1. The highest BCUT2D eigenvalue weighted by molar-refractivity contribution is 5.94. The molecule has 0 bridgehead atoms. The van der Waals surface area contributed by atoms with E-state index >= 15 is 0 Å². The molecule has 6 nitrogen and oxygen atoms in total. The third-order valence-corrected chi connectivity index (χ3v) is 5.99. The van der Waals surface area contributed by atoms with E-state index in [-0.39, 0.29) is 24.4 Å². The first-order chi connectivity index (χ1) is 16.7. The number of nitriles is 1. The van der Waals surface area contributed by atoms with Crippen LogP contribution < -0.4 is 5.32 Å². The summed E-state index contributed by atoms with van der Waals surface area (Å²) < 4.78 is 38.7. The van der Waals surface area contributed by atoms with Gasteiger partial charge in [0.15, 0.2) is 0 Å².